The van der Waals surface area contributed by atoms with Crippen LogP contribution in [0.5, 0.6) is 11.5 Å². The van der Waals surface area contributed by atoms with Crippen molar-refractivity contribution in [3.05, 3.63) is 53.6 Å². The third-order valence-corrected chi connectivity index (χ3v) is 3.49. The van der Waals surface area contributed by atoms with Gasteiger partial charge in [0.25, 0.3) is 5.60 Å². The second-order valence-electron chi connectivity index (χ2n) is 5.37. The number of anilines is 1. The Bertz CT molecular complexity index is 739. The molecule has 0 fully saturated rings. The number of rotatable bonds is 3. The molecule has 9 heteroatoms. The number of ether oxygens (including phenoxy) is 1. The van der Waals surface area contributed by atoms with Gasteiger partial charge in [0.15, 0.2) is 0 Å². The smallest absolute Gasteiger partial charge is 0.430 e. The third kappa shape index (κ3) is 3.51. The zero-order chi connectivity index (χ0) is 19.0. The Hall–Kier alpha value is -2.42. The van der Waals surface area contributed by atoms with Crippen molar-refractivity contribution in [3.8, 4) is 11.5 Å². The van der Waals surface area contributed by atoms with Crippen molar-refractivity contribution < 1.29 is 36.2 Å². The van der Waals surface area contributed by atoms with Gasteiger partial charge in [0.1, 0.15) is 11.5 Å². The Morgan fingerprint density at radius 1 is 0.840 bits per heavy atom. The Kier molecular flexibility index (Phi) is 4.65. The van der Waals surface area contributed by atoms with Crippen molar-refractivity contribution in [1.29, 1.82) is 0 Å². The van der Waals surface area contributed by atoms with Crippen molar-refractivity contribution >= 4 is 5.69 Å². The number of hydrogen-bond acceptors (Lipinski definition) is 3. The summed E-state index contributed by atoms with van der Waals surface area (Å²) < 4.78 is 83.3. The van der Waals surface area contributed by atoms with Crippen LogP contribution in [-0.4, -0.2) is 17.5 Å². The number of alkyl halides is 6. The highest BCUT2D eigenvalue weighted by atomic mass is 19.4. The van der Waals surface area contributed by atoms with Crippen LogP contribution in [0, 0.1) is 6.92 Å². The minimum atomic E-state index is -6.03. The first kappa shape index (κ1) is 18.9. The van der Waals surface area contributed by atoms with E-state index in [1.807, 2.05) is 0 Å². The van der Waals surface area contributed by atoms with Gasteiger partial charge in [-0.15, -0.1) is 0 Å². The van der Waals surface area contributed by atoms with E-state index in [2.05, 4.69) is 0 Å². The number of aliphatic hydroxyl groups is 1. The van der Waals surface area contributed by atoms with E-state index < -0.39 is 29.2 Å². The summed E-state index contributed by atoms with van der Waals surface area (Å²) in [6.07, 6.45) is -12.1. The van der Waals surface area contributed by atoms with Gasteiger partial charge in [-0.05, 0) is 37.3 Å². The van der Waals surface area contributed by atoms with Gasteiger partial charge in [-0.1, -0.05) is 17.7 Å². The van der Waals surface area contributed by atoms with E-state index in [9.17, 15) is 31.4 Å². The van der Waals surface area contributed by atoms with Crippen LogP contribution in [0.15, 0.2) is 42.5 Å². The van der Waals surface area contributed by atoms with Crippen molar-refractivity contribution in [2.24, 2.45) is 0 Å². The summed E-state index contributed by atoms with van der Waals surface area (Å²) in [6.45, 7) is 1.79. The highest BCUT2D eigenvalue weighted by Crippen LogP contribution is 2.52. The van der Waals surface area contributed by atoms with Crippen LogP contribution >= 0.6 is 0 Å². The number of nitrogens with two attached hydrogens (primary N) is 1. The topological polar surface area (TPSA) is 55.5 Å². The number of hydrogen-bond donors (Lipinski definition) is 2. The molecule has 0 saturated carbocycles. The lowest BCUT2D eigenvalue weighted by molar-refractivity contribution is -0.376. The molecule has 3 N–H and O–H groups in total. The summed E-state index contributed by atoms with van der Waals surface area (Å²) in [4.78, 5) is 0. The highest BCUT2D eigenvalue weighted by molar-refractivity contribution is 5.55. The van der Waals surface area contributed by atoms with E-state index in [1.54, 1.807) is 19.1 Å². The summed E-state index contributed by atoms with van der Waals surface area (Å²) in [7, 11) is 0. The van der Waals surface area contributed by atoms with Crippen LogP contribution in [0.25, 0.3) is 0 Å². The molecule has 0 bridgehead atoms. The van der Waals surface area contributed by atoms with Crippen LogP contribution < -0.4 is 10.5 Å². The van der Waals surface area contributed by atoms with E-state index in [0.29, 0.717) is 6.07 Å². The van der Waals surface area contributed by atoms with Gasteiger partial charge < -0.3 is 15.6 Å². The van der Waals surface area contributed by atoms with E-state index >= 15 is 0 Å². The molecule has 25 heavy (non-hydrogen) atoms. The molecule has 136 valence electrons. The molecule has 0 spiro atoms. The van der Waals surface area contributed by atoms with Gasteiger partial charge in [0, 0.05) is 11.3 Å². The molecule has 2 rings (SSSR count). The Labute approximate surface area is 138 Å². The van der Waals surface area contributed by atoms with Crippen LogP contribution in [0.3, 0.4) is 0 Å². The highest BCUT2D eigenvalue weighted by Gasteiger charge is 2.72. The van der Waals surface area contributed by atoms with E-state index in [0.717, 1.165) is 17.7 Å². The lowest BCUT2D eigenvalue weighted by atomic mass is 9.90. The molecular formula is C16H13F6NO2. The fourth-order valence-electron chi connectivity index (χ4n) is 2.12. The average Bonchev–Trinajstić information content (AvgIpc) is 2.48. The third-order valence-electron chi connectivity index (χ3n) is 3.49. The molecule has 0 aliphatic rings. The molecule has 0 aromatic heterocycles. The first-order chi connectivity index (χ1) is 11.4. The summed E-state index contributed by atoms with van der Waals surface area (Å²) in [5.74, 6) is -0.135. The standard InChI is InChI=1S/C16H13F6NO2/c1-9-2-4-10(5-3-9)25-11-6-7-13(23)12(8-11)14(24,15(17,18)19)16(20,21)22/h2-8,24H,23H2,1H3. The van der Waals surface area contributed by atoms with Crippen LogP contribution in [0.1, 0.15) is 11.1 Å². The van der Waals surface area contributed by atoms with Crippen LogP contribution in [0.4, 0.5) is 32.0 Å². The second kappa shape index (κ2) is 6.14. The number of benzene rings is 2. The molecule has 0 atom stereocenters. The number of nitrogen functional groups attached to an aromatic ring is 1. The fourth-order valence-corrected chi connectivity index (χ4v) is 2.12. The monoisotopic (exact) mass is 365 g/mol. The summed E-state index contributed by atoms with van der Waals surface area (Å²) in [5, 5.41) is 9.48. The predicted octanol–water partition coefficient (Wildman–Crippen LogP) is 4.68. The Morgan fingerprint density at radius 2 is 1.32 bits per heavy atom. The quantitative estimate of drug-likeness (QED) is 0.613. The lowest BCUT2D eigenvalue weighted by Crippen LogP contribution is -2.54. The zero-order valence-corrected chi connectivity index (χ0v) is 12.7. The predicted molar refractivity (Wildman–Crippen MR) is 78.1 cm³/mol. The van der Waals surface area contributed by atoms with Gasteiger partial charge >= 0.3 is 12.4 Å². The summed E-state index contributed by atoms with van der Waals surface area (Å²) >= 11 is 0. The molecule has 2 aromatic rings. The molecule has 0 unspecified atom stereocenters. The summed E-state index contributed by atoms with van der Waals surface area (Å²) in [6, 6.07) is 8.62. The van der Waals surface area contributed by atoms with Gasteiger partial charge in [0.05, 0.1) is 0 Å². The first-order valence-electron chi connectivity index (χ1n) is 6.86. The zero-order valence-electron chi connectivity index (χ0n) is 12.7. The molecule has 0 heterocycles. The van der Waals surface area contributed by atoms with Crippen LogP contribution in [0.2, 0.25) is 0 Å². The van der Waals surface area contributed by atoms with Crippen LogP contribution in [-0.2, 0) is 5.60 Å². The van der Waals surface area contributed by atoms with Crippen molar-refractivity contribution in [1.82, 2.24) is 0 Å². The first-order valence-corrected chi connectivity index (χ1v) is 6.86. The Balaban J connectivity index is 2.52. The second-order valence-corrected chi connectivity index (χ2v) is 5.37. The molecular weight excluding hydrogens is 352 g/mol. The van der Waals surface area contributed by atoms with Crippen molar-refractivity contribution in [2.45, 2.75) is 24.9 Å². The Morgan fingerprint density at radius 3 is 1.80 bits per heavy atom. The van der Waals surface area contributed by atoms with Gasteiger partial charge in [-0.25, -0.2) is 0 Å². The van der Waals surface area contributed by atoms with Gasteiger partial charge in [0.2, 0.25) is 0 Å². The largest absolute Gasteiger partial charge is 0.457 e. The lowest BCUT2D eigenvalue weighted by Gasteiger charge is -2.33. The molecule has 0 radical (unpaired) electrons. The minimum absolute atomic E-state index is 0.198. The van der Waals surface area contributed by atoms with E-state index in [4.69, 9.17) is 10.5 Å². The van der Waals surface area contributed by atoms with Gasteiger partial charge in [-0.3, -0.25) is 0 Å². The number of aryl methyl sites for hydroxylation is 1. The molecule has 2 aromatic carbocycles. The molecule has 3 nitrogen and oxygen atoms in total. The molecule has 0 saturated heterocycles. The maximum atomic E-state index is 13.0. The van der Waals surface area contributed by atoms with Gasteiger partial charge in [-0.2, -0.15) is 26.3 Å². The van der Waals surface area contributed by atoms with Crippen molar-refractivity contribution in [3.63, 3.8) is 0 Å². The fraction of sp³-hybridized carbons (Fsp3) is 0.250. The molecule has 0 aliphatic heterocycles. The molecule has 0 amide bonds. The SMILES string of the molecule is Cc1ccc(Oc2ccc(N)c(C(O)(C(F)(F)F)C(F)(F)F)c2)cc1. The maximum absolute atomic E-state index is 13.0. The minimum Gasteiger partial charge on any atom is -0.457 e. The average molecular weight is 365 g/mol. The normalized spacial score (nSPS) is 13.0. The maximum Gasteiger partial charge on any atom is 0.430 e. The summed E-state index contributed by atoms with van der Waals surface area (Å²) in [5.41, 5.74) is -1.38. The molecule has 0 aliphatic carbocycles. The van der Waals surface area contributed by atoms with Crippen molar-refractivity contribution in [2.75, 3.05) is 5.73 Å². The van der Waals surface area contributed by atoms with E-state index in [1.165, 1.54) is 12.1 Å². The number of halogens is 6. The van der Waals surface area contributed by atoms with E-state index in [-0.39, 0.29) is 11.5 Å².